The summed E-state index contributed by atoms with van der Waals surface area (Å²) in [6.45, 7) is 0. The number of nitro benzene ring substituents is 1. The molecule has 2 aromatic carbocycles. The van der Waals surface area contributed by atoms with Crippen LogP contribution in [0.3, 0.4) is 0 Å². The van der Waals surface area contributed by atoms with Crippen LogP contribution in [0.1, 0.15) is 5.56 Å². The summed E-state index contributed by atoms with van der Waals surface area (Å²) in [6.07, 6.45) is 2.68. The molecule has 0 saturated heterocycles. The number of non-ortho nitro benzene ring substituents is 1. The molecule has 3 aromatic rings. The van der Waals surface area contributed by atoms with E-state index in [9.17, 15) is 14.9 Å². The Bertz CT molecular complexity index is 935. The van der Waals surface area contributed by atoms with Crippen LogP contribution in [0.4, 0.5) is 11.7 Å². The summed E-state index contributed by atoms with van der Waals surface area (Å²) in [7, 11) is 0. The molecule has 1 aromatic heterocycles. The molecule has 0 spiro atoms. The van der Waals surface area contributed by atoms with Crippen molar-refractivity contribution in [2.75, 3.05) is 5.32 Å². The number of anilines is 1. The maximum Gasteiger partial charge on any atom is 0.322 e. The second-order valence-corrected chi connectivity index (χ2v) is 4.95. The number of aromatic nitrogens is 2. The highest BCUT2D eigenvalue weighted by Gasteiger charge is 2.09. The number of nitro groups is 1. The summed E-state index contributed by atoms with van der Waals surface area (Å²) in [5.74, 6) is -0.201. The van der Waals surface area contributed by atoms with Gasteiger partial charge in [0.05, 0.1) is 4.92 Å². The summed E-state index contributed by atoms with van der Waals surface area (Å²) < 4.78 is 5.37. The van der Waals surface area contributed by atoms with Gasteiger partial charge in [-0.3, -0.25) is 20.2 Å². The lowest BCUT2D eigenvalue weighted by Gasteiger charge is -1.96. The van der Waals surface area contributed by atoms with Crippen LogP contribution in [0.15, 0.2) is 65.1 Å². The predicted molar refractivity (Wildman–Crippen MR) is 90.5 cm³/mol. The summed E-state index contributed by atoms with van der Waals surface area (Å²) in [5, 5.41) is 20.8. The van der Waals surface area contributed by atoms with Gasteiger partial charge in [0.2, 0.25) is 5.89 Å². The molecule has 124 valence electrons. The molecule has 3 rings (SSSR count). The number of hydrogen-bond acceptors (Lipinski definition) is 6. The molecule has 8 nitrogen and oxygen atoms in total. The molecule has 0 saturated carbocycles. The second kappa shape index (κ2) is 7.18. The molecule has 0 aliphatic rings. The van der Waals surface area contributed by atoms with Gasteiger partial charge in [0.15, 0.2) is 0 Å². The quantitative estimate of drug-likeness (QED) is 0.435. The minimum absolute atomic E-state index is 0.0347. The van der Waals surface area contributed by atoms with E-state index in [1.165, 1.54) is 24.3 Å². The topological polar surface area (TPSA) is 111 Å². The van der Waals surface area contributed by atoms with Gasteiger partial charge in [0.25, 0.3) is 11.6 Å². The van der Waals surface area contributed by atoms with Crippen LogP contribution in [0, 0.1) is 10.1 Å². The number of carbonyl (C=O) groups is 1. The Morgan fingerprint density at radius 3 is 2.68 bits per heavy atom. The van der Waals surface area contributed by atoms with Crippen LogP contribution in [0.5, 0.6) is 0 Å². The summed E-state index contributed by atoms with van der Waals surface area (Å²) in [6, 6.07) is 15.0. The molecule has 8 heteroatoms. The maximum absolute atomic E-state index is 11.9. The molecule has 0 unspecified atom stereocenters. The number of hydrogen-bond donors (Lipinski definition) is 1. The van der Waals surface area contributed by atoms with E-state index in [2.05, 4.69) is 15.5 Å². The van der Waals surface area contributed by atoms with Crippen molar-refractivity contribution in [2.24, 2.45) is 0 Å². The second-order valence-electron chi connectivity index (χ2n) is 4.95. The van der Waals surface area contributed by atoms with Crippen LogP contribution >= 0.6 is 0 Å². The van der Waals surface area contributed by atoms with Gasteiger partial charge >= 0.3 is 6.01 Å². The van der Waals surface area contributed by atoms with Crippen molar-refractivity contribution in [3.8, 4) is 11.5 Å². The molecular weight excluding hydrogens is 324 g/mol. The fraction of sp³-hybridized carbons (Fsp3) is 0. The van der Waals surface area contributed by atoms with Crippen LogP contribution in [0.25, 0.3) is 17.5 Å². The van der Waals surface area contributed by atoms with Crippen molar-refractivity contribution in [3.63, 3.8) is 0 Å². The fourth-order valence-electron chi connectivity index (χ4n) is 2.03. The van der Waals surface area contributed by atoms with Gasteiger partial charge in [-0.25, -0.2) is 0 Å². The van der Waals surface area contributed by atoms with Crippen LogP contribution in [-0.4, -0.2) is 21.0 Å². The van der Waals surface area contributed by atoms with Crippen molar-refractivity contribution in [2.45, 2.75) is 0 Å². The van der Waals surface area contributed by atoms with Gasteiger partial charge in [0.1, 0.15) is 0 Å². The van der Waals surface area contributed by atoms with E-state index in [4.69, 9.17) is 4.42 Å². The van der Waals surface area contributed by atoms with Gasteiger partial charge in [-0.15, -0.1) is 5.10 Å². The van der Waals surface area contributed by atoms with E-state index in [0.29, 0.717) is 11.5 Å². The molecule has 0 atom stereocenters. The molecule has 0 aliphatic carbocycles. The number of benzene rings is 2. The Hall–Kier alpha value is -3.81. The van der Waals surface area contributed by atoms with Crippen LogP contribution < -0.4 is 5.32 Å². The Balaban J connectivity index is 1.66. The van der Waals surface area contributed by atoms with E-state index in [-0.39, 0.29) is 11.7 Å². The molecule has 1 amide bonds. The van der Waals surface area contributed by atoms with Crippen LogP contribution in [0.2, 0.25) is 0 Å². The summed E-state index contributed by atoms with van der Waals surface area (Å²) in [5.41, 5.74) is 1.22. The van der Waals surface area contributed by atoms with E-state index in [1.807, 2.05) is 18.2 Å². The average molecular weight is 336 g/mol. The summed E-state index contributed by atoms with van der Waals surface area (Å²) >= 11 is 0. The van der Waals surface area contributed by atoms with E-state index in [1.54, 1.807) is 24.3 Å². The van der Waals surface area contributed by atoms with Gasteiger partial charge in [-0.05, 0) is 23.8 Å². The highest BCUT2D eigenvalue weighted by atomic mass is 16.6. The highest BCUT2D eigenvalue weighted by Crippen LogP contribution is 2.19. The fourth-order valence-corrected chi connectivity index (χ4v) is 2.03. The summed E-state index contributed by atoms with van der Waals surface area (Å²) in [4.78, 5) is 22.1. The van der Waals surface area contributed by atoms with Crippen molar-refractivity contribution >= 4 is 23.7 Å². The number of nitrogens with one attached hydrogen (secondary N) is 1. The zero-order valence-corrected chi connectivity index (χ0v) is 12.8. The Morgan fingerprint density at radius 1 is 1.12 bits per heavy atom. The lowest BCUT2D eigenvalue weighted by Crippen LogP contribution is -2.07. The third-order valence-corrected chi connectivity index (χ3v) is 3.18. The Labute approximate surface area is 142 Å². The number of carbonyl (C=O) groups excluding carboxylic acids is 1. The van der Waals surface area contributed by atoms with Crippen molar-refractivity contribution in [1.82, 2.24) is 10.2 Å². The van der Waals surface area contributed by atoms with Crippen LogP contribution in [-0.2, 0) is 4.79 Å². The average Bonchev–Trinajstić information content (AvgIpc) is 3.09. The zero-order chi connectivity index (χ0) is 17.6. The third-order valence-electron chi connectivity index (χ3n) is 3.18. The molecule has 1 N–H and O–H groups in total. The van der Waals surface area contributed by atoms with Gasteiger partial charge < -0.3 is 4.42 Å². The molecule has 25 heavy (non-hydrogen) atoms. The van der Waals surface area contributed by atoms with E-state index >= 15 is 0 Å². The van der Waals surface area contributed by atoms with E-state index in [0.717, 1.165) is 5.56 Å². The normalized spacial score (nSPS) is 10.7. The Kier molecular flexibility index (Phi) is 4.61. The SMILES string of the molecule is O=C(/C=C/c1cccc([N+](=O)[O-])c1)Nc1nnc(-c2ccccc2)o1. The smallest absolute Gasteiger partial charge is 0.322 e. The maximum atomic E-state index is 11.9. The lowest BCUT2D eigenvalue weighted by atomic mass is 10.2. The molecule has 0 radical (unpaired) electrons. The zero-order valence-electron chi connectivity index (χ0n) is 12.8. The standard InChI is InChI=1S/C17H12N4O4/c22-15(10-9-12-5-4-8-14(11-12)21(23)24)18-17-20-19-16(25-17)13-6-2-1-3-7-13/h1-11H,(H,18,20,22)/b10-9+. The predicted octanol–water partition coefficient (Wildman–Crippen LogP) is 3.30. The third kappa shape index (κ3) is 4.14. The first-order valence-electron chi connectivity index (χ1n) is 7.24. The minimum Gasteiger partial charge on any atom is -0.403 e. The van der Waals surface area contributed by atoms with Crippen molar-refractivity contribution in [1.29, 1.82) is 0 Å². The first kappa shape index (κ1) is 16.1. The minimum atomic E-state index is -0.499. The largest absolute Gasteiger partial charge is 0.403 e. The van der Waals surface area contributed by atoms with Crippen molar-refractivity contribution in [3.05, 3.63) is 76.4 Å². The lowest BCUT2D eigenvalue weighted by molar-refractivity contribution is -0.384. The Morgan fingerprint density at radius 2 is 1.92 bits per heavy atom. The number of amides is 1. The molecule has 0 aliphatic heterocycles. The monoisotopic (exact) mass is 336 g/mol. The van der Waals surface area contributed by atoms with Crippen molar-refractivity contribution < 1.29 is 14.1 Å². The molecule has 1 heterocycles. The number of nitrogens with zero attached hydrogens (tertiary/aromatic N) is 3. The molecule has 0 fully saturated rings. The van der Waals surface area contributed by atoms with Gasteiger partial charge in [-0.1, -0.05) is 35.4 Å². The molecule has 0 bridgehead atoms. The van der Waals surface area contributed by atoms with Gasteiger partial charge in [0, 0.05) is 23.8 Å². The first-order valence-corrected chi connectivity index (χ1v) is 7.24. The first-order chi connectivity index (χ1) is 12.1. The number of rotatable bonds is 5. The van der Waals surface area contributed by atoms with E-state index < -0.39 is 10.8 Å². The molecular formula is C17H12N4O4. The highest BCUT2D eigenvalue weighted by molar-refractivity contribution is 6.00. The van der Waals surface area contributed by atoms with Gasteiger partial charge in [-0.2, -0.15) is 0 Å².